The van der Waals surface area contributed by atoms with Gasteiger partial charge in [0.05, 0.1) is 12.0 Å². The van der Waals surface area contributed by atoms with Gasteiger partial charge in [0.25, 0.3) is 0 Å². The number of nitrogens with zero attached hydrogens (tertiary/aromatic N) is 3. The molecule has 0 fully saturated rings. The number of carbonyl (C=O) groups is 1. The van der Waals surface area contributed by atoms with E-state index < -0.39 is 5.97 Å². The van der Waals surface area contributed by atoms with Crippen molar-refractivity contribution in [2.45, 2.75) is 26.8 Å². The quantitative estimate of drug-likeness (QED) is 0.762. The predicted molar refractivity (Wildman–Crippen MR) is 63.9 cm³/mol. The second-order valence-electron chi connectivity index (χ2n) is 3.98. The SMILES string of the molecule is CCOC(=O)c1nn(C(C)C)c2ncccc12. The van der Waals surface area contributed by atoms with Crippen molar-refractivity contribution in [1.29, 1.82) is 0 Å². The van der Waals surface area contributed by atoms with E-state index >= 15 is 0 Å². The largest absolute Gasteiger partial charge is 0.461 e. The summed E-state index contributed by atoms with van der Waals surface area (Å²) in [5, 5.41) is 5.02. The summed E-state index contributed by atoms with van der Waals surface area (Å²) >= 11 is 0. The fraction of sp³-hybridized carbons (Fsp3) is 0.417. The van der Waals surface area contributed by atoms with Crippen molar-refractivity contribution in [3.05, 3.63) is 24.0 Å². The van der Waals surface area contributed by atoms with Gasteiger partial charge in [-0.3, -0.25) is 0 Å². The van der Waals surface area contributed by atoms with Crippen LogP contribution in [0.25, 0.3) is 11.0 Å². The smallest absolute Gasteiger partial charge is 0.359 e. The fourth-order valence-electron chi connectivity index (χ4n) is 1.68. The van der Waals surface area contributed by atoms with E-state index in [1.807, 2.05) is 19.9 Å². The summed E-state index contributed by atoms with van der Waals surface area (Å²) in [5.74, 6) is -0.398. The van der Waals surface area contributed by atoms with E-state index in [2.05, 4.69) is 10.1 Å². The van der Waals surface area contributed by atoms with Gasteiger partial charge >= 0.3 is 5.97 Å². The van der Waals surface area contributed by atoms with Crippen molar-refractivity contribution >= 4 is 17.0 Å². The third-order valence-corrected chi connectivity index (χ3v) is 2.42. The first kappa shape index (κ1) is 11.6. The third-order valence-electron chi connectivity index (χ3n) is 2.42. The zero-order valence-corrected chi connectivity index (χ0v) is 10.2. The molecule has 0 unspecified atom stereocenters. The average Bonchev–Trinajstić information content (AvgIpc) is 2.69. The van der Waals surface area contributed by atoms with Crippen LogP contribution >= 0.6 is 0 Å². The third kappa shape index (κ3) is 2.00. The number of fused-ring (bicyclic) bond motifs is 1. The Morgan fingerprint density at radius 3 is 2.94 bits per heavy atom. The van der Waals surface area contributed by atoms with Gasteiger partial charge in [0.1, 0.15) is 0 Å². The van der Waals surface area contributed by atoms with Gasteiger partial charge in [0.15, 0.2) is 11.3 Å². The number of aromatic nitrogens is 3. The Hall–Kier alpha value is -1.91. The van der Waals surface area contributed by atoms with Crippen molar-refractivity contribution in [3.63, 3.8) is 0 Å². The van der Waals surface area contributed by atoms with Crippen LogP contribution < -0.4 is 0 Å². The normalized spacial score (nSPS) is 11.1. The standard InChI is InChI=1S/C12H15N3O2/c1-4-17-12(16)10-9-6-5-7-13-11(9)15(14-10)8(2)3/h5-8H,4H2,1-3H3. The lowest BCUT2D eigenvalue weighted by atomic mass is 10.2. The summed E-state index contributed by atoms with van der Waals surface area (Å²) in [4.78, 5) is 16.0. The molecule has 2 aromatic rings. The number of carbonyl (C=O) groups excluding carboxylic acids is 1. The molecule has 0 spiro atoms. The summed E-state index contributed by atoms with van der Waals surface area (Å²) in [6.07, 6.45) is 1.69. The molecule has 0 aliphatic carbocycles. The Bertz CT molecular complexity index is 546. The first-order chi connectivity index (χ1) is 8.15. The monoisotopic (exact) mass is 233 g/mol. The highest BCUT2D eigenvalue weighted by molar-refractivity contribution is 6.01. The van der Waals surface area contributed by atoms with E-state index in [1.165, 1.54) is 0 Å². The second-order valence-corrected chi connectivity index (χ2v) is 3.98. The molecule has 0 bridgehead atoms. The van der Waals surface area contributed by atoms with Gasteiger partial charge < -0.3 is 4.74 Å². The Morgan fingerprint density at radius 2 is 2.29 bits per heavy atom. The highest BCUT2D eigenvalue weighted by Crippen LogP contribution is 2.20. The number of esters is 1. The fourth-order valence-corrected chi connectivity index (χ4v) is 1.68. The lowest BCUT2D eigenvalue weighted by molar-refractivity contribution is 0.0520. The van der Waals surface area contributed by atoms with Gasteiger partial charge in [-0.1, -0.05) is 0 Å². The van der Waals surface area contributed by atoms with Gasteiger partial charge in [-0.2, -0.15) is 5.10 Å². The summed E-state index contributed by atoms with van der Waals surface area (Å²) in [5.41, 5.74) is 1.05. The number of hydrogen-bond donors (Lipinski definition) is 0. The zero-order chi connectivity index (χ0) is 12.4. The first-order valence-electron chi connectivity index (χ1n) is 5.65. The minimum Gasteiger partial charge on any atom is -0.461 e. The van der Waals surface area contributed by atoms with E-state index in [4.69, 9.17) is 4.74 Å². The van der Waals surface area contributed by atoms with Gasteiger partial charge in [-0.25, -0.2) is 14.5 Å². The molecule has 0 aliphatic rings. The Labute approximate surface area is 99.4 Å². The molecule has 90 valence electrons. The molecule has 2 aromatic heterocycles. The maximum Gasteiger partial charge on any atom is 0.359 e. The van der Waals surface area contributed by atoms with E-state index in [9.17, 15) is 4.79 Å². The molecule has 0 atom stereocenters. The van der Waals surface area contributed by atoms with E-state index in [-0.39, 0.29) is 6.04 Å². The Kier molecular flexibility index (Phi) is 3.08. The van der Waals surface area contributed by atoms with Crippen LogP contribution in [0.3, 0.4) is 0 Å². The van der Waals surface area contributed by atoms with Crippen LogP contribution in [0, 0.1) is 0 Å². The average molecular weight is 233 g/mol. The van der Waals surface area contributed by atoms with E-state index in [0.717, 1.165) is 5.39 Å². The minimum absolute atomic E-state index is 0.149. The van der Waals surface area contributed by atoms with Crippen molar-refractivity contribution in [2.75, 3.05) is 6.61 Å². The lowest BCUT2D eigenvalue weighted by Gasteiger charge is -2.04. The molecule has 5 heteroatoms. The molecule has 0 aromatic carbocycles. The van der Waals surface area contributed by atoms with Crippen LogP contribution in [0.2, 0.25) is 0 Å². The van der Waals surface area contributed by atoms with Gasteiger partial charge in [0.2, 0.25) is 0 Å². The highest BCUT2D eigenvalue weighted by Gasteiger charge is 2.19. The second kappa shape index (κ2) is 4.53. The predicted octanol–water partition coefficient (Wildman–Crippen LogP) is 2.19. The van der Waals surface area contributed by atoms with Gasteiger partial charge in [-0.15, -0.1) is 0 Å². The highest BCUT2D eigenvalue weighted by atomic mass is 16.5. The summed E-state index contributed by atoms with van der Waals surface area (Å²) < 4.78 is 6.72. The maximum atomic E-state index is 11.8. The molecule has 0 saturated carbocycles. The molecular weight excluding hydrogens is 218 g/mol. The molecule has 0 saturated heterocycles. The summed E-state index contributed by atoms with van der Waals surface area (Å²) in [7, 11) is 0. The molecule has 2 rings (SSSR count). The first-order valence-corrected chi connectivity index (χ1v) is 5.65. The van der Waals surface area contributed by atoms with Crippen molar-refractivity contribution in [1.82, 2.24) is 14.8 Å². The molecule has 0 N–H and O–H groups in total. The van der Waals surface area contributed by atoms with Crippen LogP contribution in [0.15, 0.2) is 18.3 Å². The molecule has 0 amide bonds. The zero-order valence-electron chi connectivity index (χ0n) is 10.2. The van der Waals surface area contributed by atoms with E-state index in [0.29, 0.717) is 17.9 Å². The summed E-state index contributed by atoms with van der Waals surface area (Å²) in [6.45, 7) is 6.11. The molecular formula is C12H15N3O2. The number of ether oxygens (including phenoxy) is 1. The van der Waals surface area contributed by atoms with Crippen molar-refractivity contribution in [3.8, 4) is 0 Å². The molecule has 17 heavy (non-hydrogen) atoms. The van der Waals surface area contributed by atoms with Gasteiger partial charge in [-0.05, 0) is 32.9 Å². The van der Waals surface area contributed by atoms with Crippen molar-refractivity contribution < 1.29 is 9.53 Å². The van der Waals surface area contributed by atoms with Crippen LogP contribution in [0.5, 0.6) is 0 Å². The Balaban J connectivity index is 2.60. The topological polar surface area (TPSA) is 57.0 Å². The van der Waals surface area contributed by atoms with Gasteiger partial charge in [0, 0.05) is 12.2 Å². The van der Waals surface area contributed by atoms with Crippen LogP contribution in [0.1, 0.15) is 37.3 Å². The molecule has 5 nitrogen and oxygen atoms in total. The summed E-state index contributed by atoms with van der Waals surface area (Å²) in [6, 6.07) is 3.77. The maximum absolute atomic E-state index is 11.8. The number of hydrogen-bond acceptors (Lipinski definition) is 4. The molecule has 2 heterocycles. The van der Waals surface area contributed by atoms with Crippen LogP contribution in [-0.4, -0.2) is 27.3 Å². The van der Waals surface area contributed by atoms with Crippen LogP contribution in [-0.2, 0) is 4.74 Å². The molecule has 0 radical (unpaired) electrons. The number of pyridine rings is 1. The number of rotatable bonds is 3. The van der Waals surface area contributed by atoms with E-state index in [1.54, 1.807) is 23.9 Å². The minimum atomic E-state index is -0.398. The Morgan fingerprint density at radius 1 is 1.53 bits per heavy atom. The van der Waals surface area contributed by atoms with Crippen LogP contribution in [0.4, 0.5) is 0 Å². The molecule has 0 aliphatic heterocycles. The lowest BCUT2D eigenvalue weighted by Crippen LogP contribution is -2.08. The van der Waals surface area contributed by atoms with Crippen molar-refractivity contribution in [2.24, 2.45) is 0 Å².